The molecule has 0 aliphatic rings. The van der Waals surface area contributed by atoms with E-state index in [1.54, 1.807) is 44.1 Å². The van der Waals surface area contributed by atoms with Gasteiger partial charge < -0.3 is 10.6 Å². The summed E-state index contributed by atoms with van der Waals surface area (Å²) in [6.45, 7) is 2.25. The third kappa shape index (κ3) is 5.53. The van der Waals surface area contributed by atoms with E-state index in [0.717, 1.165) is 0 Å². The lowest BCUT2D eigenvalue weighted by molar-refractivity contribution is -0.123. The Morgan fingerprint density at radius 3 is 2.62 bits per heavy atom. The Bertz CT molecular complexity index is 523. The van der Waals surface area contributed by atoms with Gasteiger partial charge in [0.05, 0.1) is 16.8 Å². The Morgan fingerprint density at radius 2 is 2.00 bits per heavy atom. The first-order valence-corrected chi connectivity index (χ1v) is 7.27. The topological polar surface area (TPSA) is 61.4 Å². The zero-order valence-corrected chi connectivity index (χ0v) is 13.8. The lowest BCUT2D eigenvalue weighted by Crippen LogP contribution is -2.41. The molecule has 0 aliphatic carbocycles. The van der Waals surface area contributed by atoms with Gasteiger partial charge in [-0.15, -0.1) is 0 Å². The number of carbonyl (C=O) groups excluding carboxylic acids is 2. The van der Waals surface area contributed by atoms with Gasteiger partial charge in [-0.2, -0.15) is 0 Å². The smallest absolute Gasteiger partial charge is 0.241 e. The van der Waals surface area contributed by atoms with Gasteiger partial charge in [-0.25, -0.2) is 0 Å². The predicted octanol–water partition coefficient (Wildman–Crippen LogP) is 2.39. The minimum Gasteiger partial charge on any atom is -0.359 e. The number of likely N-dealkylation sites (N-methyl/N-ethyl adjacent to an activating group) is 1. The molecule has 0 aromatic heterocycles. The molecule has 7 heteroatoms. The first-order valence-electron chi connectivity index (χ1n) is 6.52. The molecule has 2 N–H and O–H groups in total. The molecule has 116 valence electrons. The molecule has 1 aromatic carbocycles. The van der Waals surface area contributed by atoms with Gasteiger partial charge in [-0.1, -0.05) is 23.2 Å². The number of amides is 2. The monoisotopic (exact) mass is 331 g/mol. The number of anilines is 1. The van der Waals surface area contributed by atoms with Crippen molar-refractivity contribution in [3.8, 4) is 0 Å². The van der Waals surface area contributed by atoms with E-state index in [1.807, 2.05) is 0 Å². The van der Waals surface area contributed by atoms with Crippen molar-refractivity contribution in [1.82, 2.24) is 10.2 Å². The second-order valence-corrected chi connectivity index (χ2v) is 5.54. The van der Waals surface area contributed by atoms with Crippen molar-refractivity contribution < 1.29 is 9.59 Å². The van der Waals surface area contributed by atoms with E-state index in [9.17, 15) is 9.59 Å². The molecule has 21 heavy (non-hydrogen) atoms. The number of hydrogen-bond donors (Lipinski definition) is 2. The predicted molar refractivity (Wildman–Crippen MR) is 85.9 cm³/mol. The molecule has 1 atom stereocenters. The summed E-state index contributed by atoms with van der Waals surface area (Å²) in [6.07, 6.45) is 0.336. The fraction of sp³-hybridized carbons (Fsp3) is 0.429. The van der Waals surface area contributed by atoms with Crippen LogP contribution in [0.4, 0.5) is 5.69 Å². The first kappa shape index (κ1) is 17.8. The van der Waals surface area contributed by atoms with Crippen LogP contribution in [-0.4, -0.2) is 43.4 Å². The number of hydrogen-bond acceptors (Lipinski definition) is 3. The zero-order chi connectivity index (χ0) is 16.0. The summed E-state index contributed by atoms with van der Waals surface area (Å²) in [5.41, 5.74) is 0.473. The number of benzene rings is 1. The maximum absolute atomic E-state index is 12.2. The highest BCUT2D eigenvalue weighted by Gasteiger charge is 2.19. The summed E-state index contributed by atoms with van der Waals surface area (Å²) in [5.74, 6) is -0.272. The molecular weight excluding hydrogens is 313 g/mol. The molecule has 0 heterocycles. The molecule has 0 saturated heterocycles. The van der Waals surface area contributed by atoms with Crippen LogP contribution in [0.5, 0.6) is 0 Å². The molecule has 0 radical (unpaired) electrons. The largest absolute Gasteiger partial charge is 0.359 e. The molecule has 1 rings (SSSR count). The number of rotatable bonds is 6. The van der Waals surface area contributed by atoms with Crippen LogP contribution < -0.4 is 10.6 Å². The SMILES string of the molecule is CNC(=O)CCN(C)[C@@H](C)C(=O)Nc1cc(Cl)ccc1Cl. The lowest BCUT2D eigenvalue weighted by atomic mass is 10.2. The molecule has 0 unspecified atom stereocenters. The second kappa shape index (κ2) is 8.22. The fourth-order valence-corrected chi connectivity index (χ4v) is 1.96. The summed E-state index contributed by atoms with van der Waals surface area (Å²) < 4.78 is 0. The second-order valence-electron chi connectivity index (χ2n) is 4.69. The van der Waals surface area contributed by atoms with Crippen molar-refractivity contribution in [2.24, 2.45) is 0 Å². The average Bonchev–Trinajstić information content (AvgIpc) is 2.47. The first-order chi connectivity index (χ1) is 9.85. The van der Waals surface area contributed by atoms with Gasteiger partial charge in [-0.05, 0) is 32.2 Å². The van der Waals surface area contributed by atoms with Crippen LogP contribution in [0, 0.1) is 0 Å². The molecule has 5 nitrogen and oxygen atoms in total. The third-order valence-electron chi connectivity index (χ3n) is 3.20. The zero-order valence-electron chi connectivity index (χ0n) is 12.2. The number of carbonyl (C=O) groups is 2. The van der Waals surface area contributed by atoms with Gasteiger partial charge in [0.1, 0.15) is 0 Å². The van der Waals surface area contributed by atoms with Gasteiger partial charge in [0, 0.05) is 25.0 Å². The maximum atomic E-state index is 12.2. The summed E-state index contributed by atoms with van der Waals surface area (Å²) >= 11 is 11.9. The highest BCUT2D eigenvalue weighted by atomic mass is 35.5. The Balaban J connectivity index is 2.61. The molecule has 0 bridgehead atoms. The molecule has 2 amide bonds. The summed E-state index contributed by atoms with van der Waals surface area (Å²) in [6, 6.07) is 4.47. The van der Waals surface area contributed by atoms with Crippen LogP contribution in [0.1, 0.15) is 13.3 Å². The average molecular weight is 332 g/mol. The number of nitrogens with one attached hydrogen (secondary N) is 2. The molecule has 0 spiro atoms. The van der Waals surface area contributed by atoms with E-state index in [-0.39, 0.29) is 11.8 Å². The highest BCUT2D eigenvalue weighted by Crippen LogP contribution is 2.25. The Hall–Kier alpha value is -1.30. The van der Waals surface area contributed by atoms with Crippen LogP contribution in [0.2, 0.25) is 10.0 Å². The molecule has 0 aliphatic heterocycles. The fourth-order valence-electron chi connectivity index (χ4n) is 1.63. The van der Waals surface area contributed by atoms with Crippen molar-refractivity contribution in [2.75, 3.05) is 26.0 Å². The Kier molecular flexibility index (Phi) is 6.95. The van der Waals surface area contributed by atoms with Gasteiger partial charge in [0.25, 0.3) is 0 Å². The van der Waals surface area contributed by atoms with E-state index in [4.69, 9.17) is 23.2 Å². The maximum Gasteiger partial charge on any atom is 0.241 e. The summed E-state index contributed by atoms with van der Waals surface area (Å²) in [7, 11) is 3.37. The normalized spacial score (nSPS) is 12.1. The van der Waals surface area contributed by atoms with Crippen molar-refractivity contribution in [2.45, 2.75) is 19.4 Å². The standard InChI is InChI=1S/C14H19Cl2N3O2/c1-9(19(3)7-6-13(20)17-2)14(21)18-12-8-10(15)4-5-11(12)16/h4-5,8-9H,6-7H2,1-3H3,(H,17,20)(H,18,21)/t9-/m0/s1. The highest BCUT2D eigenvalue weighted by molar-refractivity contribution is 6.35. The Labute approximate surface area is 134 Å². The van der Waals surface area contributed by atoms with Gasteiger partial charge in [0.2, 0.25) is 11.8 Å². The van der Waals surface area contributed by atoms with Crippen LogP contribution in [0.3, 0.4) is 0 Å². The third-order valence-corrected chi connectivity index (χ3v) is 3.76. The summed E-state index contributed by atoms with van der Waals surface area (Å²) in [4.78, 5) is 25.2. The van der Waals surface area contributed by atoms with Crippen LogP contribution in [-0.2, 0) is 9.59 Å². The van der Waals surface area contributed by atoms with E-state index in [2.05, 4.69) is 10.6 Å². The van der Waals surface area contributed by atoms with Crippen LogP contribution >= 0.6 is 23.2 Å². The van der Waals surface area contributed by atoms with E-state index < -0.39 is 6.04 Å². The van der Waals surface area contributed by atoms with E-state index >= 15 is 0 Å². The minimum absolute atomic E-state index is 0.0626. The van der Waals surface area contributed by atoms with E-state index in [1.165, 1.54) is 0 Å². The van der Waals surface area contributed by atoms with Crippen molar-refractivity contribution in [3.05, 3.63) is 28.2 Å². The van der Waals surface area contributed by atoms with Crippen LogP contribution in [0.25, 0.3) is 0 Å². The van der Waals surface area contributed by atoms with Crippen molar-refractivity contribution in [3.63, 3.8) is 0 Å². The van der Waals surface area contributed by atoms with Gasteiger partial charge in [-0.3, -0.25) is 14.5 Å². The Morgan fingerprint density at radius 1 is 1.33 bits per heavy atom. The van der Waals surface area contributed by atoms with E-state index in [0.29, 0.717) is 28.7 Å². The van der Waals surface area contributed by atoms with Crippen molar-refractivity contribution in [1.29, 1.82) is 0 Å². The van der Waals surface area contributed by atoms with Crippen LogP contribution in [0.15, 0.2) is 18.2 Å². The molecule has 1 aromatic rings. The van der Waals surface area contributed by atoms with Gasteiger partial charge in [0.15, 0.2) is 0 Å². The molecule has 0 fully saturated rings. The summed E-state index contributed by atoms with van der Waals surface area (Å²) in [5, 5.41) is 6.20. The number of nitrogens with zero attached hydrogens (tertiary/aromatic N) is 1. The molecular formula is C14H19Cl2N3O2. The molecule has 0 saturated carbocycles. The quantitative estimate of drug-likeness (QED) is 0.841. The minimum atomic E-state index is -0.398. The lowest BCUT2D eigenvalue weighted by Gasteiger charge is -2.23. The van der Waals surface area contributed by atoms with Gasteiger partial charge >= 0.3 is 0 Å². The van der Waals surface area contributed by atoms with Crippen molar-refractivity contribution >= 4 is 40.7 Å². The number of halogens is 2.